The van der Waals surface area contributed by atoms with Crippen LogP contribution in [0.5, 0.6) is 11.5 Å². The second-order valence-corrected chi connectivity index (χ2v) is 11.5. The fourth-order valence-corrected chi connectivity index (χ4v) is 4.61. The summed E-state index contributed by atoms with van der Waals surface area (Å²) in [6, 6.07) is 4.62. The van der Waals surface area contributed by atoms with E-state index in [1.165, 1.54) is 18.0 Å². The Hall–Kier alpha value is -3.95. The predicted octanol–water partition coefficient (Wildman–Crippen LogP) is 5.01. The van der Waals surface area contributed by atoms with Gasteiger partial charge in [0.05, 0.1) is 18.7 Å². The maximum Gasteiger partial charge on any atom is 0.433 e. The van der Waals surface area contributed by atoms with Gasteiger partial charge in [-0.1, -0.05) is 41.5 Å². The Morgan fingerprint density at radius 2 is 1.64 bits per heavy atom. The third-order valence-corrected chi connectivity index (χ3v) is 6.56. The van der Waals surface area contributed by atoms with Crippen molar-refractivity contribution in [1.29, 1.82) is 0 Å². The van der Waals surface area contributed by atoms with Crippen LogP contribution in [0.1, 0.15) is 91.4 Å². The molecule has 0 aromatic heterocycles. The van der Waals surface area contributed by atoms with E-state index in [0.29, 0.717) is 16.7 Å². The number of amidine groups is 1. The molecule has 9 nitrogen and oxygen atoms in total. The average Bonchev–Trinajstić information content (AvgIpc) is 3.15. The summed E-state index contributed by atoms with van der Waals surface area (Å²) in [4.78, 5) is 42.7. The fraction of sp³-hybridized carbons (Fsp3) is 0.448. The molecule has 2 aromatic rings. The molecule has 0 saturated heterocycles. The molecule has 210 valence electrons. The minimum Gasteiger partial charge on any atom is -0.507 e. The number of aromatic hydroxyl groups is 1. The molecular weight excluding hydrogens is 505 g/mol. The molecule has 3 N–H and O–H groups in total. The summed E-state index contributed by atoms with van der Waals surface area (Å²) in [5, 5.41) is 22.9. The standard InChI is InChI=1S/C29H36FN3O6/c1-9-39-24-17(26(36)31-8)12-16-18(22(24)30)13-33(25(16)32-27(37)38)14-21(34)15-10-19(28(2,3)4)23(35)20(11-15)29(5,6)7/h10-12,35H,9,13-14H2,1-8H3,(H,31,36)(H,37,38)/b32-25-. The Kier molecular flexibility index (Phi) is 8.10. The number of hydrogen-bond acceptors (Lipinski definition) is 5. The lowest BCUT2D eigenvalue weighted by Crippen LogP contribution is -2.32. The second-order valence-electron chi connectivity index (χ2n) is 11.5. The molecule has 0 bridgehead atoms. The average molecular weight is 542 g/mol. The van der Waals surface area contributed by atoms with E-state index in [9.17, 15) is 24.6 Å². The van der Waals surface area contributed by atoms with Gasteiger partial charge in [0.25, 0.3) is 5.91 Å². The van der Waals surface area contributed by atoms with Crippen molar-refractivity contribution in [2.24, 2.45) is 4.99 Å². The van der Waals surface area contributed by atoms with E-state index in [4.69, 9.17) is 4.74 Å². The van der Waals surface area contributed by atoms with Crippen molar-refractivity contribution in [3.8, 4) is 11.5 Å². The number of carbonyl (C=O) groups is 3. The molecule has 0 spiro atoms. The number of fused-ring (bicyclic) bond motifs is 1. The Balaban J connectivity index is 2.12. The highest BCUT2D eigenvalue weighted by molar-refractivity contribution is 6.11. The summed E-state index contributed by atoms with van der Waals surface area (Å²) in [5.41, 5.74) is 0.677. The molecule has 0 saturated carbocycles. The summed E-state index contributed by atoms with van der Waals surface area (Å²) < 4.78 is 21.0. The number of amides is 2. The Labute approximate surface area is 227 Å². The van der Waals surface area contributed by atoms with Crippen LogP contribution in [0.2, 0.25) is 0 Å². The van der Waals surface area contributed by atoms with Crippen molar-refractivity contribution in [2.75, 3.05) is 20.2 Å². The Morgan fingerprint density at radius 3 is 2.10 bits per heavy atom. The van der Waals surface area contributed by atoms with Crippen LogP contribution in [-0.4, -0.2) is 58.9 Å². The molecule has 0 atom stereocenters. The molecule has 2 amide bonds. The number of ketones is 1. The van der Waals surface area contributed by atoms with Crippen molar-refractivity contribution in [1.82, 2.24) is 10.2 Å². The summed E-state index contributed by atoms with van der Waals surface area (Å²) >= 11 is 0. The van der Waals surface area contributed by atoms with E-state index in [1.807, 2.05) is 41.5 Å². The number of nitrogens with zero attached hydrogens (tertiary/aromatic N) is 2. The Bertz CT molecular complexity index is 1330. The molecule has 2 aromatic carbocycles. The van der Waals surface area contributed by atoms with Gasteiger partial charge in [-0.3, -0.25) is 9.59 Å². The molecular formula is C29H36FN3O6. The number of carbonyl (C=O) groups excluding carboxylic acids is 2. The van der Waals surface area contributed by atoms with E-state index >= 15 is 4.39 Å². The molecule has 3 rings (SSSR count). The molecule has 0 radical (unpaired) electrons. The quantitative estimate of drug-likeness (QED) is 0.439. The fourth-order valence-electron chi connectivity index (χ4n) is 4.61. The first kappa shape index (κ1) is 29.6. The molecule has 10 heteroatoms. The maximum absolute atomic E-state index is 15.6. The van der Waals surface area contributed by atoms with E-state index in [2.05, 4.69) is 10.3 Å². The van der Waals surface area contributed by atoms with Gasteiger partial charge in [0.1, 0.15) is 11.6 Å². The van der Waals surface area contributed by atoms with Crippen LogP contribution in [0.15, 0.2) is 23.2 Å². The highest BCUT2D eigenvalue weighted by Gasteiger charge is 2.35. The summed E-state index contributed by atoms with van der Waals surface area (Å²) in [5.74, 6) is -2.05. The number of benzene rings is 2. The number of rotatable bonds is 6. The lowest BCUT2D eigenvalue weighted by molar-refractivity contribution is 0.0952. The van der Waals surface area contributed by atoms with Gasteiger partial charge in [-0.05, 0) is 36.0 Å². The highest BCUT2D eigenvalue weighted by atomic mass is 19.1. The van der Waals surface area contributed by atoms with Crippen LogP contribution < -0.4 is 10.1 Å². The Morgan fingerprint density at radius 1 is 1.08 bits per heavy atom. The summed E-state index contributed by atoms with van der Waals surface area (Å²) in [6.07, 6.45) is -1.53. The van der Waals surface area contributed by atoms with Gasteiger partial charge in [-0.25, -0.2) is 9.18 Å². The topological polar surface area (TPSA) is 129 Å². The van der Waals surface area contributed by atoms with E-state index in [-0.39, 0.29) is 59.5 Å². The van der Waals surface area contributed by atoms with Gasteiger partial charge in [-0.15, -0.1) is 0 Å². The van der Waals surface area contributed by atoms with Crippen molar-refractivity contribution in [2.45, 2.75) is 65.8 Å². The van der Waals surface area contributed by atoms with Gasteiger partial charge in [0.15, 0.2) is 17.3 Å². The van der Waals surface area contributed by atoms with Gasteiger partial charge >= 0.3 is 6.09 Å². The molecule has 1 aliphatic heterocycles. The number of phenols is 1. The van der Waals surface area contributed by atoms with Gasteiger partial charge < -0.3 is 25.2 Å². The first-order valence-corrected chi connectivity index (χ1v) is 12.7. The molecule has 39 heavy (non-hydrogen) atoms. The minimum absolute atomic E-state index is 0.0790. The van der Waals surface area contributed by atoms with Crippen LogP contribution in [0, 0.1) is 5.82 Å². The van der Waals surface area contributed by atoms with Crippen molar-refractivity contribution in [3.05, 3.63) is 57.4 Å². The van der Waals surface area contributed by atoms with Crippen LogP contribution in [0.25, 0.3) is 0 Å². The smallest absolute Gasteiger partial charge is 0.433 e. The zero-order valence-corrected chi connectivity index (χ0v) is 23.7. The molecule has 0 unspecified atom stereocenters. The number of Topliss-reactive ketones (excluding diaryl/α,β-unsaturated/α-hetero) is 1. The number of hydrogen-bond donors (Lipinski definition) is 3. The zero-order chi connectivity index (χ0) is 29.4. The van der Waals surface area contributed by atoms with Crippen molar-refractivity contribution >= 4 is 23.6 Å². The van der Waals surface area contributed by atoms with Crippen LogP contribution in [0.3, 0.4) is 0 Å². The van der Waals surface area contributed by atoms with Crippen molar-refractivity contribution in [3.63, 3.8) is 0 Å². The van der Waals surface area contributed by atoms with Crippen LogP contribution in [0.4, 0.5) is 9.18 Å². The summed E-state index contributed by atoms with van der Waals surface area (Å²) in [6.45, 7) is 12.9. The van der Waals surface area contributed by atoms with E-state index < -0.39 is 28.6 Å². The van der Waals surface area contributed by atoms with Crippen molar-refractivity contribution < 1.29 is 33.7 Å². The lowest BCUT2D eigenvalue weighted by atomic mass is 9.78. The van der Waals surface area contributed by atoms with Gasteiger partial charge in [0, 0.05) is 41.4 Å². The second kappa shape index (κ2) is 10.7. The lowest BCUT2D eigenvalue weighted by Gasteiger charge is -2.28. The first-order chi connectivity index (χ1) is 18.0. The molecule has 1 heterocycles. The molecule has 1 aliphatic rings. The number of aliphatic imine (C=N–C) groups is 1. The third kappa shape index (κ3) is 5.89. The number of nitrogens with one attached hydrogen (secondary N) is 1. The minimum atomic E-state index is -1.53. The monoisotopic (exact) mass is 541 g/mol. The number of carboxylic acid groups (broad SMARTS) is 1. The van der Waals surface area contributed by atoms with Gasteiger partial charge in [-0.2, -0.15) is 4.99 Å². The number of ether oxygens (including phenoxy) is 1. The van der Waals surface area contributed by atoms with E-state index in [0.717, 1.165) is 0 Å². The van der Waals surface area contributed by atoms with Crippen LogP contribution >= 0.6 is 0 Å². The maximum atomic E-state index is 15.6. The largest absolute Gasteiger partial charge is 0.507 e. The third-order valence-electron chi connectivity index (χ3n) is 6.56. The highest BCUT2D eigenvalue weighted by Crippen LogP contribution is 2.40. The molecule has 0 fully saturated rings. The van der Waals surface area contributed by atoms with E-state index in [1.54, 1.807) is 19.1 Å². The van der Waals surface area contributed by atoms with Gasteiger partial charge in [0.2, 0.25) is 0 Å². The normalized spacial score (nSPS) is 14.4. The van der Waals surface area contributed by atoms with Crippen LogP contribution in [-0.2, 0) is 17.4 Å². The number of halogens is 1. The predicted molar refractivity (Wildman–Crippen MR) is 146 cm³/mol. The first-order valence-electron chi connectivity index (χ1n) is 12.7. The summed E-state index contributed by atoms with van der Waals surface area (Å²) in [7, 11) is 1.38. The molecule has 0 aliphatic carbocycles. The SMILES string of the molecule is CCOc1c(C(=O)NC)cc2c(c1F)CN(CC(=O)c1cc(C(C)(C)C)c(O)c(C(C)(C)C)c1)/C2=N\C(=O)O. The zero-order valence-electron chi connectivity index (χ0n) is 23.7. The number of phenolic OH excluding ortho intramolecular Hbond substituents is 1.